The van der Waals surface area contributed by atoms with E-state index in [9.17, 15) is 4.79 Å². The number of imidazole rings is 1. The van der Waals surface area contributed by atoms with Crippen molar-refractivity contribution >= 4 is 29.6 Å². The largest absolute Gasteiger partial charge is 0.488 e. The Morgan fingerprint density at radius 2 is 1.86 bits per heavy atom. The van der Waals surface area contributed by atoms with Crippen molar-refractivity contribution in [1.29, 1.82) is 0 Å². The van der Waals surface area contributed by atoms with Crippen molar-refractivity contribution in [3.8, 4) is 0 Å². The van der Waals surface area contributed by atoms with E-state index in [-0.39, 0.29) is 5.56 Å². The molecule has 0 saturated heterocycles. The molecule has 0 aliphatic rings. The summed E-state index contributed by atoms with van der Waals surface area (Å²) in [5.41, 5.74) is 3.09. The maximum absolute atomic E-state index is 11.0. The Morgan fingerprint density at radius 1 is 1.14 bits per heavy atom. The highest BCUT2D eigenvalue weighted by Gasteiger charge is 2.11. The van der Waals surface area contributed by atoms with Crippen LogP contribution in [0.5, 0.6) is 0 Å². The minimum Gasteiger partial charge on any atom is -0.478 e. The van der Waals surface area contributed by atoms with Crippen LogP contribution in [0.1, 0.15) is 15.9 Å². The van der Waals surface area contributed by atoms with E-state index in [1.54, 1.807) is 36.7 Å². The minimum absolute atomic E-state index is 0.207. The van der Waals surface area contributed by atoms with Gasteiger partial charge >= 0.3 is 13.1 Å². The highest BCUT2D eigenvalue weighted by molar-refractivity contribution is 6.58. The van der Waals surface area contributed by atoms with Gasteiger partial charge in [-0.3, -0.25) is 0 Å². The zero-order chi connectivity index (χ0) is 15.7. The molecule has 3 rings (SSSR count). The van der Waals surface area contributed by atoms with Crippen LogP contribution in [0.4, 0.5) is 0 Å². The number of hydrogen-bond donors (Lipinski definition) is 3. The van der Waals surface area contributed by atoms with E-state index in [1.807, 2.05) is 16.7 Å². The first-order valence-electron chi connectivity index (χ1n) is 6.68. The number of benzene rings is 2. The van der Waals surface area contributed by atoms with E-state index in [4.69, 9.17) is 15.2 Å². The zero-order valence-corrected chi connectivity index (χ0v) is 11.5. The number of carboxylic acid groups (broad SMARTS) is 1. The van der Waals surface area contributed by atoms with Crippen LogP contribution in [0.15, 0.2) is 48.8 Å². The summed E-state index contributed by atoms with van der Waals surface area (Å²) in [6.07, 6.45) is 1.66. The number of nitrogens with zero attached hydrogens (tertiary/aromatic N) is 2. The van der Waals surface area contributed by atoms with Crippen molar-refractivity contribution < 1.29 is 19.9 Å². The van der Waals surface area contributed by atoms with Gasteiger partial charge < -0.3 is 19.7 Å². The number of carbonyl (C=O) groups is 1. The first-order chi connectivity index (χ1) is 10.5. The predicted molar refractivity (Wildman–Crippen MR) is 82.1 cm³/mol. The highest BCUT2D eigenvalue weighted by atomic mass is 16.4. The molecular formula is C15H13BN2O4. The van der Waals surface area contributed by atoms with Gasteiger partial charge in [-0.15, -0.1) is 0 Å². The molecule has 0 spiro atoms. The Labute approximate surface area is 126 Å². The number of hydrogen-bond acceptors (Lipinski definition) is 4. The Hall–Kier alpha value is -2.64. The normalized spacial score (nSPS) is 10.8. The summed E-state index contributed by atoms with van der Waals surface area (Å²) in [4.78, 5) is 15.2. The second-order valence-corrected chi connectivity index (χ2v) is 5.00. The SMILES string of the molecule is O=C(O)c1ccc2c(c1)ncn2Cc1ccc(B(O)O)cc1. The van der Waals surface area contributed by atoms with Gasteiger partial charge in [-0.2, -0.15) is 0 Å². The van der Waals surface area contributed by atoms with E-state index >= 15 is 0 Å². The summed E-state index contributed by atoms with van der Waals surface area (Å²) in [5, 5.41) is 27.1. The van der Waals surface area contributed by atoms with Crippen LogP contribution < -0.4 is 5.46 Å². The van der Waals surface area contributed by atoms with Crippen LogP contribution in [0.25, 0.3) is 11.0 Å². The van der Waals surface area contributed by atoms with Gasteiger partial charge in [0.25, 0.3) is 0 Å². The monoisotopic (exact) mass is 296 g/mol. The molecule has 0 amide bonds. The molecule has 7 heteroatoms. The molecule has 1 heterocycles. The lowest BCUT2D eigenvalue weighted by Crippen LogP contribution is -2.29. The van der Waals surface area contributed by atoms with Gasteiger partial charge in [0.05, 0.1) is 22.9 Å². The topological polar surface area (TPSA) is 95.6 Å². The zero-order valence-electron chi connectivity index (χ0n) is 11.5. The molecule has 22 heavy (non-hydrogen) atoms. The molecule has 3 N–H and O–H groups in total. The predicted octanol–water partition coefficient (Wildman–Crippen LogP) is 0.463. The molecule has 0 aliphatic heterocycles. The summed E-state index contributed by atoms with van der Waals surface area (Å²) in [6.45, 7) is 0.560. The van der Waals surface area contributed by atoms with Gasteiger partial charge in [0.1, 0.15) is 0 Å². The average molecular weight is 296 g/mol. The second-order valence-electron chi connectivity index (χ2n) is 5.00. The van der Waals surface area contributed by atoms with Crippen LogP contribution in [0, 0.1) is 0 Å². The molecule has 0 bridgehead atoms. The van der Waals surface area contributed by atoms with Crippen LogP contribution in [-0.2, 0) is 6.54 Å². The number of aromatic nitrogens is 2. The molecule has 3 aromatic rings. The number of aromatic carboxylic acids is 1. The lowest BCUT2D eigenvalue weighted by atomic mass is 9.80. The summed E-state index contributed by atoms with van der Waals surface area (Å²) in [7, 11) is -1.47. The average Bonchev–Trinajstić information content (AvgIpc) is 2.90. The molecule has 0 radical (unpaired) electrons. The fourth-order valence-corrected chi connectivity index (χ4v) is 2.31. The lowest BCUT2D eigenvalue weighted by Gasteiger charge is -2.06. The van der Waals surface area contributed by atoms with Gasteiger partial charge in [-0.25, -0.2) is 9.78 Å². The van der Waals surface area contributed by atoms with Crippen molar-refractivity contribution in [1.82, 2.24) is 9.55 Å². The van der Waals surface area contributed by atoms with Gasteiger partial charge in [0.15, 0.2) is 0 Å². The standard InChI is InChI=1S/C15H13BN2O4/c19-15(20)11-3-6-14-13(7-11)17-9-18(14)8-10-1-4-12(5-2-10)16(21)22/h1-7,9,21-22H,8H2,(H,19,20). The van der Waals surface area contributed by atoms with E-state index in [0.717, 1.165) is 11.1 Å². The van der Waals surface area contributed by atoms with E-state index in [1.165, 1.54) is 0 Å². The quantitative estimate of drug-likeness (QED) is 0.608. The lowest BCUT2D eigenvalue weighted by molar-refractivity contribution is 0.0697. The van der Waals surface area contributed by atoms with Crippen LogP contribution in [-0.4, -0.2) is 37.8 Å². The van der Waals surface area contributed by atoms with Gasteiger partial charge in [0, 0.05) is 6.54 Å². The van der Waals surface area contributed by atoms with E-state index < -0.39 is 13.1 Å². The van der Waals surface area contributed by atoms with Crippen LogP contribution in [0.2, 0.25) is 0 Å². The van der Waals surface area contributed by atoms with Gasteiger partial charge in [-0.05, 0) is 29.2 Å². The Bertz CT molecular complexity index is 827. The van der Waals surface area contributed by atoms with Crippen molar-refractivity contribution in [2.45, 2.75) is 6.54 Å². The van der Waals surface area contributed by atoms with Gasteiger partial charge in [0.2, 0.25) is 0 Å². The summed E-state index contributed by atoms with van der Waals surface area (Å²) >= 11 is 0. The molecule has 2 aromatic carbocycles. The number of fused-ring (bicyclic) bond motifs is 1. The Balaban J connectivity index is 1.89. The minimum atomic E-state index is -1.47. The third kappa shape index (κ3) is 2.72. The molecule has 6 nitrogen and oxygen atoms in total. The van der Waals surface area contributed by atoms with Crippen LogP contribution in [0.3, 0.4) is 0 Å². The maximum Gasteiger partial charge on any atom is 0.488 e. The molecule has 110 valence electrons. The van der Waals surface area contributed by atoms with Crippen molar-refractivity contribution in [3.63, 3.8) is 0 Å². The fourth-order valence-electron chi connectivity index (χ4n) is 2.31. The molecule has 0 atom stereocenters. The second kappa shape index (κ2) is 5.63. The molecule has 0 unspecified atom stereocenters. The molecule has 0 fully saturated rings. The summed E-state index contributed by atoms with van der Waals surface area (Å²) in [5.74, 6) is -0.977. The third-order valence-electron chi connectivity index (χ3n) is 3.50. The molecule has 0 aliphatic carbocycles. The van der Waals surface area contributed by atoms with E-state index in [0.29, 0.717) is 17.5 Å². The molecule has 1 aromatic heterocycles. The third-order valence-corrected chi connectivity index (χ3v) is 3.50. The first-order valence-corrected chi connectivity index (χ1v) is 6.68. The first kappa shape index (κ1) is 14.3. The van der Waals surface area contributed by atoms with Crippen molar-refractivity contribution in [3.05, 3.63) is 59.9 Å². The maximum atomic E-state index is 11.0. The summed E-state index contributed by atoms with van der Waals surface area (Å²) in [6, 6.07) is 11.8. The van der Waals surface area contributed by atoms with Gasteiger partial charge in [-0.1, -0.05) is 24.3 Å². The van der Waals surface area contributed by atoms with Crippen LogP contribution >= 0.6 is 0 Å². The van der Waals surface area contributed by atoms with E-state index in [2.05, 4.69) is 4.98 Å². The van der Waals surface area contributed by atoms with Crippen molar-refractivity contribution in [2.75, 3.05) is 0 Å². The Morgan fingerprint density at radius 3 is 2.50 bits per heavy atom. The Kier molecular flexibility index (Phi) is 3.66. The smallest absolute Gasteiger partial charge is 0.478 e. The molecular weight excluding hydrogens is 283 g/mol. The summed E-state index contributed by atoms with van der Waals surface area (Å²) < 4.78 is 1.91. The number of carboxylic acids is 1. The number of rotatable bonds is 4. The fraction of sp³-hybridized carbons (Fsp3) is 0.0667. The molecule has 0 saturated carbocycles. The highest BCUT2D eigenvalue weighted by Crippen LogP contribution is 2.16. The van der Waals surface area contributed by atoms with Crippen molar-refractivity contribution in [2.24, 2.45) is 0 Å².